The van der Waals surface area contributed by atoms with Crippen molar-refractivity contribution in [3.63, 3.8) is 0 Å². The number of carbonyl (C=O) groups is 3. The number of carboxylic acids is 1. The monoisotopic (exact) mass is 1210 g/mol. The summed E-state index contributed by atoms with van der Waals surface area (Å²) in [4.78, 5) is 64.5. The molecule has 12 rings (SSSR count). The number of piperidine rings is 4. The molecule has 4 saturated heterocycles. The molecule has 8 aromatic rings. The van der Waals surface area contributed by atoms with Crippen molar-refractivity contribution >= 4 is 86.9 Å². The molecule has 452 valence electrons. The van der Waals surface area contributed by atoms with E-state index in [0.29, 0.717) is 65.5 Å². The Hall–Kier alpha value is -8.28. The van der Waals surface area contributed by atoms with Crippen LogP contribution in [0.5, 0.6) is 0 Å². The van der Waals surface area contributed by atoms with Crippen LogP contribution in [0.2, 0.25) is 10.0 Å². The van der Waals surface area contributed by atoms with Crippen LogP contribution in [0.1, 0.15) is 89.6 Å². The van der Waals surface area contributed by atoms with Gasteiger partial charge in [-0.25, -0.2) is 15.6 Å². The molecule has 4 aromatic carbocycles. The molecule has 3 N–H and O–H groups in total. The summed E-state index contributed by atoms with van der Waals surface area (Å²) in [6.45, 7) is 15.1. The van der Waals surface area contributed by atoms with Crippen LogP contribution in [0.4, 0.5) is 34.6 Å². The zero-order valence-corrected chi connectivity index (χ0v) is 51.3. The Morgan fingerprint density at radius 2 is 0.954 bits per heavy atom. The lowest BCUT2D eigenvalue weighted by Crippen LogP contribution is -2.44. The molecular formula is C66H75Cl2N15O4. The summed E-state index contributed by atoms with van der Waals surface area (Å²) in [6, 6.07) is 39.1. The minimum Gasteiger partial charge on any atom is -0.481 e. The van der Waals surface area contributed by atoms with Crippen LogP contribution in [0.3, 0.4) is 0 Å². The maximum Gasteiger partial charge on any atom is 0.304 e. The third-order valence-corrected chi connectivity index (χ3v) is 19.0. The van der Waals surface area contributed by atoms with Crippen molar-refractivity contribution in [1.29, 1.82) is 0 Å². The number of nitrogens with one attached hydrogen (secondary N) is 2. The molecule has 0 spiro atoms. The van der Waals surface area contributed by atoms with Crippen molar-refractivity contribution < 1.29 is 19.5 Å². The molecule has 2 amide bonds. The Morgan fingerprint density at radius 1 is 0.575 bits per heavy atom. The molecule has 21 heteroatoms. The van der Waals surface area contributed by atoms with Crippen molar-refractivity contribution in [3.8, 4) is 0 Å². The summed E-state index contributed by atoms with van der Waals surface area (Å²) in [5.74, 6) is 0.236. The minimum atomic E-state index is -0.801. The van der Waals surface area contributed by atoms with Gasteiger partial charge in [-0.2, -0.15) is 9.97 Å². The lowest BCUT2D eigenvalue weighted by atomic mass is 9.70. The van der Waals surface area contributed by atoms with E-state index in [9.17, 15) is 19.5 Å². The van der Waals surface area contributed by atoms with Gasteiger partial charge < -0.3 is 50.0 Å². The van der Waals surface area contributed by atoms with Gasteiger partial charge in [0.2, 0.25) is 18.4 Å². The molecule has 0 unspecified atom stereocenters. The molecule has 87 heavy (non-hydrogen) atoms. The van der Waals surface area contributed by atoms with Crippen molar-refractivity contribution in [2.75, 3.05) is 108 Å². The molecule has 0 bridgehead atoms. The number of benzene rings is 4. The van der Waals surface area contributed by atoms with Crippen molar-refractivity contribution in [1.82, 2.24) is 48.8 Å². The molecule has 4 aromatic heterocycles. The number of hydrogen-bond donors (Lipinski definition) is 3. The first kappa shape index (κ1) is 60.4. The second-order valence-electron chi connectivity index (χ2n) is 23.9. The lowest BCUT2D eigenvalue weighted by molar-refractivity contribution is -0.138. The Kier molecular flexibility index (Phi) is 18.3. The standard InChI is InChI=1S/C33H37ClN8O.C33H38ClN7O3/c1-35-23-33(25-8-10-26(34)11-9-25)16-21-41(22-17-33)29-5-4-18-42-30(29)37-32(38-42)36-27-12-6-24(7-13-27)31(43)40(3)28-14-19-39(2)20-15-28;1-38-18-13-27(14-19-38)39(2)31(44)23-5-11-26(12-6-23)35-32-36-30-28(4-3-17-41(30)37-32)40-20-15-33(16-21-40,22-29(42)43)24-7-9-25(34)10-8-24/h4-13,18,28H,14-17,19-23H2,2-3H3,(H,36,38);3-12,17,27H,13-16,18-22H2,1-2H3,(H,35,37)(H,42,43). The number of halogens is 2. The maximum absolute atomic E-state index is 13.1. The van der Waals surface area contributed by atoms with E-state index < -0.39 is 11.4 Å². The average Bonchev–Trinajstić information content (AvgIpc) is 4.27. The number of likely N-dealkylation sites (tertiary alicyclic amines) is 2. The van der Waals surface area contributed by atoms with E-state index in [4.69, 9.17) is 39.7 Å². The number of aromatic nitrogens is 6. The quantitative estimate of drug-likeness (QED) is 0.0825. The van der Waals surface area contributed by atoms with Crippen molar-refractivity contribution in [3.05, 3.63) is 177 Å². The highest BCUT2D eigenvalue weighted by molar-refractivity contribution is 6.30. The number of aliphatic carboxylic acids is 1. The number of rotatable bonds is 15. The maximum atomic E-state index is 13.1. The fourth-order valence-electron chi connectivity index (χ4n) is 13.0. The van der Waals surface area contributed by atoms with E-state index in [2.05, 4.69) is 77.6 Å². The van der Waals surface area contributed by atoms with Gasteiger partial charge >= 0.3 is 5.97 Å². The summed E-state index contributed by atoms with van der Waals surface area (Å²) in [5, 5.41) is 27.0. The van der Waals surface area contributed by atoms with Gasteiger partial charge in [-0.1, -0.05) is 47.5 Å². The van der Waals surface area contributed by atoms with Gasteiger partial charge in [0.25, 0.3) is 11.8 Å². The molecule has 0 atom stereocenters. The first-order chi connectivity index (χ1) is 42.1. The van der Waals surface area contributed by atoms with Crippen LogP contribution in [-0.2, 0) is 15.6 Å². The first-order valence-corrected chi connectivity index (χ1v) is 30.7. The van der Waals surface area contributed by atoms with E-state index in [1.807, 2.05) is 139 Å². The van der Waals surface area contributed by atoms with Gasteiger partial charge in [-0.15, -0.1) is 10.2 Å². The Labute approximate surface area is 518 Å². The van der Waals surface area contributed by atoms with Gasteiger partial charge in [0.15, 0.2) is 11.3 Å². The zero-order valence-electron chi connectivity index (χ0n) is 49.8. The summed E-state index contributed by atoms with van der Waals surface area (Å²) in [7, 11) is 8.05. The number of anilines is 6. The van der Waals surface area contributed by atoms with E-state index in [0.717, 1.165) is 117 Å². The fraction of sp³-hybridized carbons (Fsp3) is 0.394. The van der Waals surface area contributed by atoms with Crippen molar-refractivity contribution in [2.24, 2.45) is 0 Å². The molecule has 0 aliphatic carbocycles. The predicted octanol–water partition coefficient (Wildman–Crippen LogP) is 11.1. The zero-order chi connectivity index (χ0) is 60.8. The molecule has 4 aliphatic rings. The average molecular weight is 1210 g/mol. The summed E-state index contributed by atoms with van der Waals surface area (Å²) < 4.78 is 3.55. The van der Waals surface area contributed by atoms with Crippen LogP contribution < -0.4 is 20.4 Å². The van der Waals surface area contributed by atoms with E-state index in [-0.39, 0.29) is 35.7 Å². The molecule has 8 heterocycles. The number of fused-ring (bicyclic) bond motifs is 2. The number of carboxylic acid groups (broad SMARTS) is 1. The number of nitrogens with zero attached hydrogens (tertiary/aromatic N) is 13. The van der Waals surface area contributed by atoms with E-state index in [1.165, 1.54) is 5.56 Å². The van der Waals surface area contributed by atoms with E-state index in [1.54, 1.807) is 9.03 Å². The van der Waals surface area contributed by atoms with Gasteiger partial charge in [0.05, 0.1) is 23.2 Å². The van der Waals surface area contributed by atoms with Gasteiger partial charge in [-0.3, -0.25) is 14.4 Å². The highest BCUT2D eigenvalue weighted by atomic mass is 35.5. The molecule has 0 radical (unpaired) electrons. The smallest absolute Gasteiger partial charge is 0.304 e. The third-order valence-electron chi connectivity index (χ3n) is 18.5. The van der Waals surface area contributed by atoms with Crippen LogP contribution >= 0.6 is 23.2 Å². The molecule has 4 fully saturated rings. The Morgan fingerprint density at radius 3 is 1.33 bits per heavy atom. The Bertz CT molecular complexity index is 3730. The largest absolute Gasteiger partial charge is 0.481 e. The van der Waals surface area contributed by atoms with Gasteiger partial charge in [0.1, 0.15) is 0 Å². The van der Waals surface area contributed by atoms with Crippen LogP contribution in [0.25, 0.3) is 16.1 Å². The third kappa shape index (κ3) is 13.6. The van der Waals surface area contributed by atoms with Gasteiger partial charge in [0, 0.05) is 103 Å². The number of carbonyl (C=O) groups excluding carboxylic acids is 2. The molecule has 0 saturated carbocycles. The van der Waals surface area contributed by atoms with Crippen LogP contribution in [0, 0.1) is 6.57 Å². The molecular weight excluding hydrogens is 1140 g/mol. The second-order valence-corrected chi connectivity index (χ2v) is 24.8. The Balaban J connectivity index is 0.000000180. The fourth-order valence-corrected chi connectivity index (χ4v) is 13.3. The summed E-state index contributed by atoms with van der Waals surface area (Å²) >= 11 is 12.3. The van der Waals surface area contributed by atoms with Gasteiger partial charge in [-0.05, 0) is 200 Å². The topological polar surface area (TPSA) is 180 Å². The summed E-state index contributed by atoms with van der Waals surface area (Å²) in [5.41, 5.74) is 7.98. The normalized spacial score (nSPS) is 17.5. The summed E-state index contributed by atoms with van der Waals surface area (Å²) in [6.07, 6.45) is 10.9. The second kappa shape index (κ2) is 26.4. The van der Waals surface area contributed by atoms with Crippen LogP contribution in [0.15, 0.2) is 134 Å². The van der Waals surface area contributed by atoms with Crippen LogP contribution in [-0.4, -0.2) is 171 Å². The number of pyridine rings is 2. The van der Waals surface area contributed by atoms with Crippen molar-refractivity contribution in [2.45, 2.75) is 80.7 Å². The van der Waals surface area contributed by atoms with E-state index >= 15 is 0 Å². The lowest BCUT2D eigenvalue weighted by Gasteiger charge is -2.42. The first-order valence-electron chi connectivity index (χ1n) is 30.0. The molecule has 19 nitrogen and oxygen atoms in total. The number of hydrogen-bond acceptors (Lipinski definition) is 13. The highest BCUT2D eigenvalue weighted by Crippen LogP contribution is 2.42. The minimum absolute atomic E-state index is 0.0339. The highest BCUT2D eigenvalue weighted by Gasteiger charge is 2.41. The SMILES string of the molecule is CN1CCC(N(C)C(=O)c2ccc(Nc3nc4c(N5CCC(CC(=O)O)(c6ccc(Cl)cc6)CC5)cccn4n3)cc2)CC1.[C-]#[N+]CC1(c2ccc(Cl)cc2)CCN(c2cccn3nc(Nc4ccc(C(=O)N(C)C5CCN(C)CC5)cc4)nc23)CC1. The predicted molar refractivity (Wildman–Crippen MR) is 344 cm³/mol. The number of amides is 2. The molecule has 4 aliphatic heterocycles.